The van der Waals surface area contributed by atoms with Gasteiger partial charge in [-0.25, -0.2) is 0 Å². The van der Waals surface area contributed by atoms with Crippen LogP contribution in [0.1, 0.15) is 17.2 Å². The van der Waals surface area contributed by atoms with Gasteiger partial charge >= 0.3 is 11.9 Å². The fraction of sp³-hybridized carbons (Fsp3) is 0.333. The first-order valence-electron chi connectivity index (χ1n) is 10.6. The molecular formula is C24H27N3O5. The lowest BCUT2D eigenvalue weighted by Crippen LogP contribution is -2.48. The zero-order chi connectivity index (χ0) is 22.7. The van der Waals surface area contributed by atoms with Gasteiger partial charge < -0.3 is 19.5 Å². The summed E-state index contributed by atoms with van der Waals surface area (Å²) in [5.41, 5.74) is 2.50. The summed E-state index contributed by atoms with van der Waals surface area (Å²) < 4.78 is 6.92. The Balaban J connectivity index is 1.60. The van der Waals surface area contributed by atoms with E-state index in [1.807, 2.05) is 23.1 Å². The first kappa shape index (κ1) is 21.9. The van der Waals surface area contributed by atoms with Crippen molar-refractivity contribution in [3.63, 3.8) is 0 Å². The van der Waals surface area contributed by atoms with Crippen LogP contribution in [0.2, 0.25) is 0 Å². The Labute approximate surface area is 186 Å². The number of fused-ring (bicyclic) bond motifs is 1. The molecule has 1 aliphatic rings. The lowest BCUT2D eigenvalue weighted by atomic mass is 10.0. The summed E-state index contributed by atoms with van der Waals surface area (Å²) in [6.45, 7) is 3.34. The summed E-state index contributed by atoms with van der Waals surface area (Å²) in [4.78, 5) is 28.0. The molecule has 2 N–H and O–H groups in total. The average Bonchev–Trinajstić information content (AvgIpc) is 3.12. The zero-order valence-corrected chi connectivity index (χ0v) is 18.0. The average molecular weight is 437 g/mol. The Morgan fingerprint density at radius 2 is 1.75 bits per heavy atom. The van der Waals surface area contributed by atoms with Crippen LogP contribution in [0.3, 0.4) is 0 Å². The van der Waals surface area contributed by atoms with Gasteiger partial charge in [-0.2, -0.15) is 0 Å². The molecule has 1 aliphatic heterocycles. The number of nitrogens with zero attached hydrogens (tertiary/aromatic N) is 3. The molecular weight excluding hydrogens is 410 g/mol. The number of benzene rings is 2. The molecule has 1 saturated heterocycles. The molecule has 168 valence electrons. The third-order valence-corrected chi connectivity index (χ3v) is 5.97. The number of hydrogen-bond acceptors (Lipinski definition) is 5. The predicted molar refractivity (Wildman–Crippen MR) is 120 cm³/mol. The monoisotopic (exact) mass is 437 g/mol. The van der Waals surface area contributed by atoms with Crippen LogP contribution in [0, 0.1) is 0 Å². The molecule has 0 aliphatic carbocycles. The molecule has 4 rings (SSSR count). The smallest absolute Gasteiger partial charge is 0.325 e. The molecule has 1 atom stereocenters. The Hall–Kier alpha value is -3.36. The molecule has 0 radical (unpaired) electrons. The van der Waals surface area contributed by atoms with E-state index in [0.29, 0.717) is 35.3 Å². The van der Waals surface area contributed by atoms with Crippen LogP contribution >= 0.6 is 0 Å². The number of carboxylic acid groups (broad SMARTS) is 2. The largest absolute Gasteiger partial charge is 0.497 e. The van der Waals surface area contributed by atoms with Gasteiger partial charge in [-0.15, -0.1) is 0 Å². The summed E-state index contributed by atoms with van der Waals surface area (Å²) in [5, 5.41) is 20.1. The van der Waals surface area contributed by atoms with Gasteiger partial charge in [0.15, 0.2) is 0 Å². The third-order valence-electron chi connectivity index (χ3n) is 5.97. The van der Waals surface area contributed by atoms with Crippen molar-refractivity contribution >= 4 is 22.8 Å². The normalized spacial score (nSPS) is 16.2. The highest BCUT2D eigenvalue weighted by atomic mass is 16.5. The van der Waals surface area contributed by atoms with Crippen LogP contribution in [0.5, 0.6) is 5.75 Å². The van der Waals surface area contributed by atoms with E-state index in [4.69, 9.17) is 4.74 Å². The number of carboxylic acids is 2. The van der Waals surface area contributed by atoms with Crippen molar-refractivity contribution in [2.24, 2.45) is 0 Å². The van der Waals surface area contributed by atoms with Crippen LogP contribution in [0.4, 0.5) is 0 Å². The molecule has 8 nitrogen and oxygen atoms in total. The van der Waals surface area contributed by atoms with Crippen LogP contribution in [0.15, 0.2) is 54.7 Å². The van der Waals surface area contributed by atoms with E-state index in [1.54, 1.807) is 36.1 Å². The minimum Gasteiger partial charge on any atom is -0.497 e. The lowest BCUT2D eigenvalue weighted by molar-refractivity contribution is -0.144. The van der Waals surface area contributed by atoms with Gasteiger partial charge in [0.2, 0.25) is 0 Å². The summed E-state index contributed by atoms with van der Waals surface area (Å²) in [6, 6.07) is 14.7. The van der Waals surface area contributed by atoms with Gasteiger partial charge in [0.25, 0.3) is 0 Å². The first-order chi connectivity index (χ1) is 15.5. The summed E-state index contributed by atoms with van der Waals surface area (Å²) in [5.74, 6) is -1.33. The molecule has 2 aromatic carbocycles. The second-order valence-corrected chi connectivity index (χ2v) is 8.03. The topological polar surface area (TPSA) is 95.2 Å². The number of aromatic nitrogens is 1. The maximum absolute atomic E-state index is 12.4. The molecule has 3 aromatic rings. The maximum Gasteiger partial charge on any atom is 0.325 e. The number of hydrogen-bond donors (Lipinski definition) is 2. The van der Waals surface area contributed by atoms with Crippen molar-refractivity contribution in [2.45, 2.75) is 19.1 Å². The van der Waals surface area contributed by atoms with E-state index in [1.165, 1.54) is 5.56 Å². The highest BCUT2D eigenvalue weighted by molar-refractivity contribution is 5.91. The molecule has 0 spiro atoms. The minimum absolute atomic E-state index is 0.236. The Morgan fingerprint density at radius 3 is 2.38 bits per heavy atom. The highest BCUT2D eigenvalue weighted by Crippen LogP contribution is 2.33. The molecule has 8 heteroatoms. The number of methoxy groups -OCH3 is 1. The summed E-state index contributed by atoms with van der Waals surface area (Å²) in [7, 11) is 1.55. The van der Waals surface area contributed by atoms with E-state index in [2.05, 4.69) is 17.0 Å². The lowest BCUT2D eigenvalue weighted by Gasteiger charge is -2.37. The van der Waals surface area contributed by atoms with Crippen LogP contribution in [0.25, 0.3) is 10.9 Å². The van der Waals surface area contributed by atoms with E-state index in [0.717, 1.165) is 19.6 Å². The number of ether oxygens (including phenoxy) is 1. The van der Waals surface area contributed by atoms with Gasteiger partial charge in [-0.1, -0.05) is 30.3 Å². The van der Waals surface area contributed by atoms with Crippen LogP contribution < -0.4 is 4.74 Å². The van der Waals surface area contributed by atoms with E-state index in [9.17, 15) is 19.8 Å². The molecule has 2 heterocycles. The SMILES string of the molecule is COc1ccc2c(c1)c([C@@H](C(=O)O)N1CCN(Cc3ccccc3)CC1)cn2CC(=O)O. The fourth-order valence-electron chi connectivity index (χ4n) is 4.43. The van der Waals surface area contributed by atoms with Gasteiger partial charge in [0.1, 0.15) is 18.3 Å². The number of aliphatic carboxylic acids is 2. The van der Waals surface area contributed by atoms with Crippen molar-refractivity contribution in [3.8, 4) is 5.75 Å². The van der Waals surface area contributed by atoms with Crippen LogP contribution in [-0.4, -0.2) is 69.8 Å². The Morgan fingerprint density at radius 1 is 1.03 bits per heavy atom. The van der Waals surface area contributed by atoms with E-state index < -0.39 is 18.0 Å². The highest BCUT2D eigenvalue weighted by Gasteiger charge is 2.33. The summed E-state index contributed by atoms with van der Waals surface area (Å²) >= 11 is 0. The van der Waals surface area contributed by atoms with E-state index in [-0.39, 0.29) is 6.54 Å². The van der Waals surface area contributed by atoms with E-state index >= 15 is 0 Å². The van der Waals surface area contributed by atoms with Crippen molar-refractivity contribution in [3.05, 3.63) is 65.9 Å². The second-order valence-electron chi connectivity index (χ2n) is 8.03. The van der Waals surface area contributed by atoms with Gasteiger partial charge in [0.05, 0.1) is 7.11 Å². The van der Waals surface area contributed by atoms with Crippen molar-refractivity contribution in [1.29, 1.82) is 0 Å². The minimum atomic E-state index is -0.981. The summed E-state index contributed by atoms with van der Waals surface area (Å²) in [6.07, 6.45) is 1.66. The standard InChI is InChI=1S/C24H27N3O5/c1-32-18-7-8-21-19(13-18)20(15-27(21)16-22(28)29)23(24(30)31)26-11-9-25(10-12-26)14-17-5-3-2-4-6-17/h2-8,13,15,23H,9-12,14,16H2,1H3,(H,28,29)(H,30,31)/t23-/m0/s1. The van der Waals surface area contributed by atoms with Crippen molar-refractivity contribution < 1.29 is 24.5 Å². The molecule has 1 fully saturated rings. The third kappa shape index (κ3) is 4.61. The Kier molecular flexibility index (Phi) is 6.43. The zero-order valence-electron chi connectivity index (χ0n) is 18.0. The fourth-order valence-corrected chi connectivity index (χ4v) is 4.43. The molecule has 0 saturated carbocycles. The quantitative estimate of drug-likeness (QED) is 0.559. The molecule has 1 aromatic heterocycles. The number of piperazine rings is 1. The van der Waals surface area contributed by atoms with Gasteiger partial charge in [-0.05, 0) is 23.8 Å². The van der Waals surface area contributed by atoms with Crippen molar-refractivity contribution in [2.75, 3.05) is 33.3 Å². The van der Waals surface area contributed by atoms with Gasteiger partial charge in [0, 0.05) is 55.4 Å². The maximum atomic E-state index is 12.4. The number of rotatable bonds is 8. The molecule has 0 bridgehead atoms. The Bertz CT molecular complexity index is 1100. The molecule has 0 amide bonds. The van der Waals surface area contributed by atoms with Gasteiger partial charge in [-0.3, -0.25) is 19.4 Å². The number of carbonyl (C=O) groups is 2. The molecule has 32 heavy (non-hydrogen) atoms. The molecule has 0 unspecified atom stereocenters. The second kappa shape index (κ2) is 9.42. The predicted octanol–water partition coefficient (Wildman–Crippen LogP) is 2.68. The first-order valence-corrected chi connectivity index (χ1v) is 10.6. The van der Waals surface area contributed by atoms with Crippen LogP contribution in [-0.2, 0) is 22.7 Å². The van der Waals surface area contributed by atoms with Crippen molar-refractivity contribution in [1.82, 2.24) is 14.4 Å².